The number of esters is 2. The summed E-state index contributed by atoms with van der Waals surface area (Å²) in [6.07, 6.45) is 2.55. The molecule has 0 bridgehead atoms. The first-order valence-electron chi connectivity index (χ1n) is 6.93. The first-order valence-corrected chi connectivity index (χ1v) is 6.93. The summed E-state index contributed by atoms with van der Waals surface area (Å²) in [4.78, 5) is 23.1. The third-order valence-corrected chi connectivity index (χ3v) is 3.14. The highest BCUT2D eigenvalue weighted by molar-refractivity contribution is 5.72. The van der Waals surface area contributed by atoms with E-state index in [4.69, 9.17) is 9.47 Å². The number of hydrogen-bond donors (Lipinski definition) is 1. The Kier molecular flexibility index (Phi) is 5.35. The topological polar surface area (TPSA) is 64.6 Å². The lowest BCUT2D eigenvalue weighted by Gasteiger charge is -2.31. The van der Waals surface area contributed by atoms with Crippen molar-refractivity contribution in [1.29, 1.82) is 0 Å². The molecule has 1 fully saturated rings. The summed E-state index contributed by atoms with van der Waals surface area (Å²) < 4.78 is 9.94. The highest BCUT2D eigenvalue weighted by atomic mass is 16.5. The van der Waals surface area contributed by atoms with Gasteiger partial charge in [-0.1, -0.05) is 0 Å². The Hall–Kier alpha value is -1.10. The average Bonchev–Trinajstić information content (AvgIpc) is 2.95. The van der Waals surface area contributed by atoms with Gasteiger partial charge in [-0.25, -0.2) is 0 Å². The Balaban J connectivity index is 2.47. The van der Waals surface area contributed by atoms with Crippen molar-refractivity contribution >= 4 is 11.9 Å². The lowest BCUT2D eigenvalue weighted by molar-refractivity contribution is -0.144. The smallest absolute Gasteiger partial charge is 0.307 e. The van der Waals surface area contributed by atoms with Gasteiger partial charge in [-0.15, -0.1) is 0 Å². The first kappa shape index (κ1) is 16.0. The minimum absolute atomic E-state index is 0.181. The number of ether oxygens (including phenoxy) is 2. The van der Waals surface area contributed by atoms with Gasteiger partial charge in [0.15, 0.2) is 0 Å². The van der Waals surface area contributed by atoms with Gasteiger partial charge in [-0.3, -0.25) is 9.59 Å². The molecule has 1 saturated carbocycles. The summed E-state index contributed by atoms with van der Waals surface area (Å²) in [5, 5.41) is 3.42. The fraction of sp³-hybridized carbons (Fsp3) is 0.857. The van der Waals surface area contributed by atoms with E-state index in [9.17, 15) is 9.59 Å². The van der Waals surface area contributed by atoms with Crippen molar-refractivity contribution in [3.63, 3.8) is 0 Å². The Morgan fingerprint density at radius 3 is 2.11 bits per heavy atom. The molecular formula is C14H25NO4. The molecule has 0 saturated heterocycles. The van der Waals surface area contributed by atoms with Crippen molar-refractivity contribution in [2.24, 2.45) is 0 Å². The molecule has 0 unspecified atom stereocenters. The number of hydrogen-bond acceptors (Lipinski definition) is 5. The fourth-order valence-electron chi connectivity index (χ4n) is 2.32. The largest absolute Gasteiger partial charge is 0.466 e. The Bertz CT molecular complexity index is 314. The van der Waals surface area contributed by atoms with E-state index in [-0.39, 0.29) is 23.0 Å². The third-order valence-electron chi connectivity index (χ3n) is 3.14. The highest BCUT2D eigenvalue weighted by Gasteiger charge is 2.48. The molecule has 110 valence electrons. The van der Waals surface area contributed by atoms with E-state index >= 15 is 0 Å². The zero-order valence-corrected chi connectivity index (χ0v) is 12.4. The summed E-state index contributed by atoms with van der Waals surface area (Å²) in [6, 6.07) is 0. The van der Waals surface area contributed by atoms with E-state index in [1.165, 1.54) is 0 Å². The second-order valence-electron chi connectivity index (χ2n) is 5.75. The molecule has 0 aromatic carbocycles. The van der Waals surface area contributed by atoms with Crippen molar-refractivity contribution in [3.8, 4) is 0 Å². The predicted molar refractivity (Wildman–Crippen MR) is 71.7 cm³/mol. The monoisotopic (exact) mass is 271 g/mol. The van der Waals surface area contributed by atoms with Crippen LogP contribution in [-0.2, 0) is 19.1 Å². The molecule has 0 aliphatic heterocycles. The highest BCUT2D eigenvalue weighted by Crippen LogP contribution is 2.41. The number of carbonyl (C=O) groups is 2. The molecule has 0 radical (unpaired) electrons. The van der Waals surface area contributed by atoms with Crippen LogP contribution in [0.2, 0.25) is 0 Å². The third kappa shape index (κ3) is 5.59. The summed E-state index contributed by atoms with van der Waals surface area (Å²) in [7, 11) is 0. The van der Waals surface area contributed by atoms with Gasteiger partial charge in [0.1, 0.15) is 0 Å². The molecule has 0 aromatic rings. The molecule has 5 heteroatoms. The van der Waals surface area contributed by atoms with Crippen LogP contribution in [0.15, 0.2) is 0 Å². The molecule has 0 heterocycles. The molecule has 1 N–H and O–H groups in total. The van der Waals surface area contributed by atoms with Crippen LogP contribution in [0, 0.1) is 0 Å². The first-order chi connectivity index (χ1) is 8.82. The van der Waals surface area contributed by atoms with Crippen LogP contribution in [0.3, 0.4) is 0 Å². The predicted octanol–water partition coefficient (Wildman–Crippen LogP) is 1.79. The van der Waals surface area contributed by atoms with E-state index < -0.39 is 0 Å². The van der Waals surface area contributed by atoms with Crippen molar-refractivity contribution < 1.29 is 19.1 Å². The lowest BCUT2D eigenvalue weighted by atomic mass is 9.97. The molecule has 0 spiro atoms. The van der Waals surface area contributed by atoms with E-state index in [0.29, 0.717) is 26.1 Å². The Morgan fingerprint density at radius 1 is 1.11 bits per heavy atom. The zero-order chi connectivity index (χ0) is 14.5. The van der Waals surface area contributed by atoms with Crippen LogP contribution in [0.25, 0.3) is 0 Å². The molecule has 0 amide bonds. The molecule has 0 atom stereocenters. The van der Waals surface area contributed by atoms with Gasteiger partial charge in [0, 0.05) is 11.1 Å². The molecule has 5 nitrogen and oxygen atoms in total. The molecule has 19 heavy (non-hydrogen) atoms. The normalized spacial score (nSPS) is 16.8. The Morgan fingerprint density at radius 2 is 1.63 bits per heavy atom. The van der Waals surface area contributed by atoms with Crippen LogP contribution in [-0.4, -0.2) is 36.2 Å². The maximum absolute atomic E-state index is 11.6. The van der Waals surface area contributed by atoms with E-state index in [0.717, 1.165) is 12.8 Å². The van der Waals surface area contributed by atoms with Gasteiger partial charge < -0.3 is 14.8 Å². The van der Waals surface area contributed by atoms with Crippen molar-refractivity contribution in [1.82, 2.24) is 5.32 Å². The minimum atomic E-state index is -0.380. The molecule has 1 aliphatic rings. The molecular weight excluding hydrogens is 246 g/mol. The fourth-order valence-corrected chi connectivity index (χ4v) is 2.32. The second kappa shape index (κ2) is 6.37. The van der Waals surface area contributed by atoms with E-state index in [1.807, 2.05) is 13.8 Å². The van der Waals surface area contributed by atoms with Crippen LogP contribution in [0.4, 0.5) is 0 Å². The van der Waals surface area contributed by atoms with Crippen molar-refractivity contribution in [3.05, 3.63) is 0 Å². The number of carbonyl (C=O) groups excluding carboxylic acids is 2. The van der Waals surface area contributed by atoms with Crippen LogP contribution < -0.4 is 5.32 Å². The van der Waals surface area contributed by atoms with Gasteiger partial charge in [-0.05, 0) is 40.5 Å². The maximum Gasteiger partial charge on any atom is 0.307 e. The number of rotatable bonds is 8. The summed E-state index contributed by atoms with van der Waals surface area (Å²) in [6.45, 7) is 8.30. The van der Waals surface area contributed by atoms with Gasteiger partial charge in [0.25, 0.3) is 0 Å². The van der Waals surface area contributed by atoms with E-state index in [2.05, 4.69) is 5.32 Å². The van der Waals surface area contributed by atoms with E-state index in [1.54, 1.807) is 13.8 Å². The van der Waals surface area contributed by atoms with Crippen LogP contribution in [0.1, 0.15) is 53.4 Å². The average molecular weight is 271 g/mol. The minimum Gasteiger partial charge on any atom is -0.466 e. The van der Waals surface area contributed by atoms with Gasteiger partial charge in [0.05, 0.1) is 26.1 Å². The molecule has 0 aromatic heterocycles. The molecule has 1 rings (SSSR count). The van der Waals surface area contributed by atoms with Crippen molar-refractivity contribution in [2.45, 2.75) is 64.5 Å². The lowest BCUT2D eigenvalue weighted by Crippen LogP contribution is -2.49. The van der Waals surface area contributed by atoms with Gasteiger partial charge in [0.2, 0.25) is 0 Å². The quantitative estimate of drug-likeness (QED) is 0.682. The van der Waals surface area contributed by atoms with Crippen LogP contribution >= 0.6 is 0 Å². The Labute approximate surface area is 115 Å². The molecule has 1 aliphatic carbocycles. The maximum atomic E-state index is 11.6. The van der Waals surface area contributed by atoms with Crippen molar-refractivity contribution in [2.75, 3.05) is 13.2 Å². The second-order valence-corrected chi connectivity index (χ2v) is 5.75. The van der Waals surface area contributed by atoms with Crippen LogP contribution in [0.5, 0.6) is 0 Å². The summed E-state index contributed by atoms with van der Waals surface area (Å²) in [5.41, 5.74) is -0.572. The summed E-state index contributed by atoms with van der Waals surface area (Å²) >= 11 is 0. The zero-order valence-electron chi connectivity index (χ0n) is 12.4. The van der Waals surface area contributed by atoms with Gasteiger partial charge >= 0.3 is 11.9 Å². The standard InChI is InChI=1S/C14H25NO4/c1-5-18-11(16)9-13(3,4)15-14(7-8-14)10-12(17)19-6-2/h15H,5-10H2,1-4H3. The number of nitrogens with one attached hydrogen (secondary N) is 1. The summed E-state index contributed by atoms with van der Waals surface area (Å²) in [5.74, 6) is -0.397. The SMILES string of the molecule is CCOC(=O)CC(C)(C)NC1(CC(=O)OCC)CC1. The van der Waals surface area contributed by atoms with Gasteiger partial charge in [-0.2, -0.15) is 0 Å².